The van der Waals surface area contributed by atoms with Gasteiger partial charge in [-0.25, -0.2) is 0 Å². The molecule has 4 aromatic rings. The number of hydrogen-bond acceptors (Lipinski definition) is 4. The highest BCUT2D eigenvalue weighted by atomic mass is 16.5. The Morgan fingerprint density at radius 1 is 0.732 bits per heavy atom. The predicted molar refractivity (Wildman–Crippen MR) is 167 cm³/mol. The van der Waals surface area contributed by atoms with E-state index in [-0.39, 0.29) is 5.78 Å². The lowest BCUT2D eigenvalue weighted by molar-refractivity contribution is 0.0885. The average Bonchev–Trinajstić information content (AvgIpc) is 3.19. The summed E-state index contributed by atoms with van der Waals surface area (Å²) in [5, 5.41) is 0. The van der Waals surface area contributed by atoms with Gasteiger partial charge in [0.05, 0.1) is 25.7 Å². The van der Waals surface area contributed by atoms with Crippen molar-refractivity contribution in [2.45, 2.75) is 24.8 Å². The van der Waals surface area contributed by atoms with Crippen molar-refractivity contribution in [3.05, 3.63) is 138 Å². The summed E-state index contributed by atoms with van der Waals surface area (Å²) in [5.41, 5.74) is 6.15. The molecular formula is C37H35NO3. The number of hydrogen-bond donors (Lipinski definition) is 0. The van der Waals surface area contributed by atoms with E-state index in [0.717, 1.165) is 39.5 Å². The maximum absolute atomic E-state index is 14.9. The lowest BCUT2D eigenvalue weighted by Crippen LogP contribution is -2.61. The highest BCUT2D eigenvalue weighted by Gasteiger charge is 2.62. The van der Waals surface area contributed by atoms with E-state index in [4.69, 9.17) is 9.47 Å². The van der Waals surface area contributed by atoms with Crippen LogP contribution in [0.2, 0.25) is 0 Å². The molecule has 0 radical (unpaired) electrons. The van der Waals surface area contributed by atoms with Crippen LogP contribution in [-0.2, 0) is 5.41 Å². The van der Waals surface area contributed by atoms with Gasteiger partial charge in [0.25, 0.3) is 0 Å². The first kappa shape index (κ1) is 26.6. The fraction of sp³-hybridized carbons (Fsp3) is 0.216. The molecule has 0 fully saturated rings. The van der Waals surface area contributed by atoms with Gasteiger partial charge in [-0.05, 0) is 82.5 Å². The van der Waals surface area contributed by atoms with Gasteiger partial charge in [-0.3, -0.25) is 4.79 Å². The molecule has 206 valence electrons. The Morgan fingerprint density at radius 2 is 1.32 bits per heavy atom. The molecule has 1 aliphatic carbocycles. The lowest BCUT2D eigenvalue weighted by Gasteiger charge is -2.52. The number of ketones is 1. The fourth-order valence-electron chi connectivity index (χ4n) is 6.90. The number of methoxy groups -OCH3 is 2. The molecule has 1 spiro atoms. The normalized spacial score (nSPS) is 20.7. The number of rotatable bonds is 6. The summed E-state index contributed by atoms with van der Waals surface area (Å²) < 4.78 is 10.9. The zero-order valence-electron chi connectivity index (χ0n) is 24.2. The van der Waals surface area contributed by atoms with Crippen LogP contribution < -0.4 is 14.4 Å². The van der Waals surface area contributed by atoms with E-state index in [1.54, 1.807) is 14.2 Å². The van der Waals surface area contributed by atoms with Gasteiger partial charge in [-0.2, -0.15) is 0 Å². The molecule has 4 nitrogen and oxygen atoms in total. The number of Topliss-reactive ketones (excluding diaryl/α,β-unsaturated/α-hetero) is 1. The zero-order valence-corrected chi connectivity index (χ0v) is 24.2. The maximum atomic E-state index is 14.9. The van der Waals surface area contributed by atoms with Crippen molar-refractivity contribution < 1.29 is 14.3 Å². The van der Waals surface area contributed by atoms with E-state index >= 15 is 0 Å². The molecule has 4 heteroatoms. The second-order valence-electron chi connectivity index (χ2n) is 11.3. The molecule has 2 atom stereocenters. The summed E-state index contributed by atoms with van der Waals surface area (Å²) in [6.45, 7) is 4.55. The molecule has 4 aromatic carbocycles. The summed E-state index contributed by atoms with van der Waals surface area (Å²) in [5.74, 6) is 1.14. The summed E-state index contributed by atoms with van der Waals surface area (Å²) in [6.07, 6.45) is 4.55. The summed E-state index contributed by atoms with van der Waals surface area (Å²) in [6, 6.07) is 34.6. The highest BCUT2D eigenvalue weighted by Crippen LogP contribution is 2.60. The molecule has 0 N–H and O–H groups in total. The van der Waals surface area contributed by atoms with Crippen molar-refractivity contribution in [1.29, 1.82) is 0 Å². The average molecular weight is 542 g/mol. The first-order valence-corrected chi connectivity index (χ1v) is 14.0. The van der Waals surface area contributed by atoms with Crippen LogP contribution in [0.15, 0.2) is 115 Å². The van der Waals surface area contributed by atoms with Crippen molar-refractivity contribution in [1.82, 2.24) is 0 Å². The molecule has 0 unspecified atom stereocenters. The number of allylic oxidation sites excluding steroid dienone is 2. The number of nitrogens with zero attached hydrogens (tertiary/aromatic N) is 1. The van der Waals surface area contributed by atoms with Gasteiger partial charge in [0.15, 0.2) is 5.78 Å². The largest absolute Gasteiger partial charge is 0.497 e. The Balaban J connectivity index is 1.65. The highest BCUT2D eigenvalue weighted by molar-refractivity contribution is 6.10. The Kier molecular flexibility index (Phi) is 6.57. The summed E-state index contributed by atoms with van der Waals surface area (Å²) >= 11 is 0. The van der Waals surface area contributed by atoms with Gasteiger partial charge in [-0.15, -0.1) is 0 Å². The van der Waals surface area contributed by atoms with Crippen LogP contribution in [0.1, 0.15) is 40.9 Å². The Labute approximate surface area is 242 Å². The van der Waals surface area contributed by atoms with Gasteiger partial charge < -0.3 is 14.4 Å². The van der Waals surface area contributed by atoms with Crippen LogP contribution >= 0.6 is 0 Å². The minimum Gasteiger partial charge on any atom is -0.497 e. The molecule has 2 aliphatic rings. The molecule has 41 heavy (non-hydrogen) atoms. The zero-order chi connectivity index (χ0) is 28.8. The quantitative estimate of drug-likeness (QED) is 0.233. The molecule has 0 amide bonds. The minimum absolute atomic E-state index is 0.0838. The standard InChI is InChI=1S/C37H35NO3/c1-36(2)32-13-9-10-14-33(32)38(3)37(36)24-28(25-15-19-29(40-4)20-16-25)23-31(26-11-7-6-8-12-26)34(37)35(39)27-17-21-30(41-5)22-18-27/h6-24,34H,1-5H3/t34-,37-/m0/s1. The van der Waals surface area contributed by atoms with Crippen molar-refractivity contribution >= 4 is 22.6 Å². The van der Waals surface area contributed by atoms with Gasteiger partial charge >= 0.3 is 0 Å². The van der Waals surface area contributed by atoms with Gasteiger partial charge in [0.2, 0.25) is 0 Å². The van der Waals surface area contributed by atoms with Gasteiger partial charge in [0.1, 0.15) is 11.5 Å². The van der Waals surface area contributed by atoms with Crippen LogP contribution in [0.3, 0.4) is 0 Å². The van der Waals surface area contributed by atoms with Crippen LogP contribution in [0, 0.1) is 5.92 Å². The van der Waals surface area contributed by atoms with E-state index in [2.05, 4.69) is 86.5 Å². The number of para-hydroxylation sites is 1. The van der Waals surface area contributed by atoms with Crippen LogP contribution in [0.25, 0.3) is 11.1 Å². The molecule has 0 bridgehead atoms. The minimum atomic E-state index is -0.692. The molecule has 0 saturated carbocycles. The molecule has 6 rings (SSSR count). The first-order valence-electron chi connectivity index (χ1n) is 14.0. The fourth-order valence-corrected chi connectivity index (χ4v) is 6.90. The topological polar surface area (TPSA) is 38.8 Å². The van der Waals surface area contributed by atoms with Gasteiger partial charge in [-0.1, -0.05) is 74.5 Å². The van der Waals surface area contributed by atoms with Crippen LogP contribution in [0.5, 0.6) is 11.5 Å². The third-order valence-electron chi connectivity index (χ3n) is 9.10. The van der Waals surface area contributed by atoms with Crippen molar-refractivity contribution in [2.75, 3.05) is 26.2 Å². The van der Waals surface area contributed by atoms with Crippen molar-refractivity contribution in [3.63, 3.8) is 0 Å². The van der Waals surface area contributed by atoms with E-state index in [9.17, 15) is 4.79 Å². The van der Waals surface area contributed by atoms with E-state index < -0.39 is 16.9 Å². The summed E-state index contributed by atoms with van der Waals surface area (Å²) in [4.78, 5) is 17.2. The Hall–Kier alpha value is -4.57. The predicted octanol–water partition coefficient (Wildman–Crippen LogP) is 7.85. The van der Waals surface area contributed by atoms with Crippen molar-refractivity contribution in [2.24, 2.45) is 5.92 Å². The third-order valence-corrected chi connectivity index (χ3v) is 9.10. The van der Waals surface area contributed by atoms with Gasteiger partial charge in [0, 0.05) is 23.7 Å². The van der Waals surface area contributed by atoms with Crippen molar-refractivity contribution in [3.8, 4) is 11.5 Å². The maximum Gasteiger partial charge on any atom is 0.173 e. The lowest BCUT2D eigenvalue weighted by atomic mass is 9.57. The first-order chi connectivity index (χ1) is 19.8. The third kappa shape index (κ3) is 4.09. The SMILES string of the molecule is COc1ccc(C(=O)[C@@H]2C(c3ccccc3)=CC(c3ccc(OC)cc3)=C[C@]23N(C)c2ccccc2C3(C)C)cc1. The summed E-state index contributed by atoms with van der Waals surface area (Å²) in [7, 11) is 5.46. The number of carbonyl (C=O) groups is 1. The second kappa shape index (κ2) is 10.1. The van der Waals surface area contributed by atoms with E-state index in [0.29, 0.717) is 5.56 Å². The number of ether oxygens (including phenoxy) is 2. The Morgan fingerprint density at radius 3 is 1.93 bits per heavy atom. The number of anilines is 1. The molecule has 1 heterocycles. The van der Waals surface area contributed by atoms with E-state index in [1.807, 2.05) is 54.6 Å². The second-order valence-corrected chi connectivity index (χ2v) is 11.3. The number of fused-ring (bicyclic) bond motifs is 1. The van der Waals surface area contributed by atoms with Crippen LogP contribution in [0.4, 0.5) is 5.69 Å². The monoisotopic (exact) mass is 541 g/mol. The number of carbonyl (C=O) groups excluding carboxylic acids is 1. The molecular weight excluding hydrogens is 506 g/mol. The van der Waals surface area contributed by atoms with E-state index in [1.165, 1.54) is 5.56 Å². The molecule has 0 aromatic heterocycles. The number of benzene rings is 4. The molecule has 0 saturated heterocycles. The molecule has 1 aliphatic heterocycles. The van der Waals surface area contributed by atoms with Crippen LogP contribution in [-0.4, -0.2) is 32.6 Å². The smallest absolute Gasteiger partial charge is 0.173 e. The Bertz CT molecular complexity index is 1650. The number of likely N-dealkylation sites (N-methyl/N-ethyl adjacent to an activating group) is 1.